The topological polar surface area (TPSA) is 29.1 Å². The first-order chi connectivity index (χ1) is 7.82. The van der Waals surface area contributed by atoms with Gasteiger partial charge in [-0.1, -0.05) is 37.3 Å². The van der Waals surface area contributed by atoms with Gasteiger partial charge in [0, 0.05) is 16.4 Å². The van der Waals surface area contributed by atoms with Crippen LogP contribution in [0.4, 0.5) is 0 Å². The molecule has 1 amide bonds. The van der Waals surface area contributed by atoms with Crippen LogP contribution in [-0.4, -0.2) is 15.8 Å². The minimum atomic E-state index is -0.403. The highest BCUT2D eigenvalue weighted by atomic mass is 35.5. The van der Waals surface area contributed by atoms with E-state index in [1.54, 1.807) is 0 Å². The number of fused-ring (bicyclic) bond motifs is 1. The van der Waals surface area contributed by atoms with E-state index in [1.807, 2.05) is 39.0 Å². The number of nitrogens with one attached hydrogen (secondary N) is 1. The van der Waals surface area contributed by atoms with E-state index in [-0.39, 0.29) is 11.8 Å². The van der Waals surface area contributed by atoms with Gasteiger partial charge in [0.25, 0.3) is 5.91 Å². The van der Waals surface area contributed by atoms with Crippen LogP contribution in [0.3, 0.4) is 0 Å². The highest BCUT2D eigenvalue weighted by Gasteiger charge is 2.32. The van der Waals surface area contributed by atoms with E-state index in [9.17, 15) is 4.79 Å². The van der Waals surface area contributed by atoms with Crippen LogP contribution in [0.15, 0.2) is 18.2 Å². The second kappa shape index (κ2) is 4.07. The predicted molar refractivity (Wildman–Crippen MR) is 74.0 cm³/mol. The summed E-state index contributed by atoms with van der Waals surface area (Å²) in [5.41, 5.74) is 2.45. The zero-order valence-corrected chi connectivity index (χ0v) is 11.6. The van der Waals surface area contributed by atoms with Gasteiger partial charge in [0.2, 0.25) is 0 Å². The van der Waals surface area contributed by atoms with Crippen molar-refractivity contribution >= 4 is 34.7 Å². The van der Waals surface area contributed by atoms with Crippen molar-refractivity contribution in [3.63, 3.8) is 0 Å². The van der Waals surface area contributed by atoms with Crippen LogP contribution in [-0.2, 0) is 0 Å². The molecule has 0 aromatic heterocycles. The molecule has 1 N–H and O–H groups in total. The molecule has 0 bridgehead atoms. The first-order valence-corrected chi connectivity index (χ1v) is 6.28. The van der Waals surface area contributed by atoms with E-state index in [4.69, 9.17) is 23.8 Å². The van der Waals surface area contributed by atoms with Crippen molar-refractivity contribution in [2.24, 2.45) is 0 Å². The lowest BCUT2D eigenvalue weighted by molar-refractivity contribution is 0.0982. The smallest absolute Gasteiger partial charge is 0.257 e. The van der Waals surface area contributed by atoms with Crippen molar-refractivity contribution in [2.45, 2.75) is 31.6 Å². The SMILES string of the molecule is CC(c1cccc2c1C(=O)NC2=S)C(C)(C)Cl. The molecule has 0 spiro atoms. The first-order valence-electron chi connectivity index (χ1n) is 5.50. The molecular weight excluding hydrogens is 254 g/mol. The molecule has 1 aliphatic rings. The summed E-state index contributed by atoms with van der Waals surface area (Å²) in [4.78, 5) is 12.0. The average Bonchev–Trinajstić information content (AvgIpc) is 2.53. The lowest BCUT2D eigenvalue weighted by Gasteiger charge is -2.26. The molecule has 1 atom stereocenters. The number of carbonyl (C=O) groups excluding carboxylic acids is 1. The van der Waals surface area contributed by atoms with Gasteiger partial charge in [-0.3, -0.25) is 4.79 Å². The summed E-state index contributed by atoms with van der Waals surface area (Å²) in [5, 5.41) is 2.68. The van der Waals surface area contributed by atoms with Gasteiger partial charge in [0.15, 0.2) is 0 Å². The number of halogens is 1. The highest BCUT2D eigenvalue weighted by molar-refractivity contribution is 7.80. The van der Waals surface area contributed by atoms with Crippen molar-refractivity contribution in [2.75, 3.05) is 0 Å². The standard InChI is InChI=1S/C13H14ClNOS/c1-7(13(2,3)14)8-5-4-6-9-10(8)11(16)15-12(9)17/h4-7H,1-3H3,(H,15,16,17). The molecule has 17 heavy (non-hydrogen) atoms. The van der Waals surface area contributed by atoms with E-state index >= 15 is 0 Å². The highest BCUT2D eigenvalue weighted by Crippen LogP contribution is 2.36. The molecule has 0 aliphatic carbocycles. The molecule has 90 valence electrons. The van der Waals surface area contributed by atoms with E-state index in [0.717, 1.165) is 11.1 Å². The molecule has 0 saturated heterocycles. The third-order valence-corrected chi connectivity index (χ3v) is 3.94. The number of alkyl halides is 1. The molecule has 1 aromatic carbocycles. The van der Waals surface area contributed by atoms with Gasteiger partial charge in [0.05, 0.1) is 5.56 Å². The number of rotatable bonds is 2. The molecule has 0 fully saturated rings. The number of hydrogen-bond donors (Lipinski definition) is 1. The zero-order valence-electron chi connectivity index (χ0n) is 10.0. The van der Waals surface area contributed by atoms with Gasteiger partial charge in [-0.2, -0.15) is 0 Å². The lowest BCUT2D eigenvalue weighted by atomic mass is 9.85. The van der Waals surface area contributed by atoms with Gasteiger partial charge in [-0.05, 0) is 19.4 Å². The van der Waals surface area contributed by atoms with Crippen LogP contribution >= 0.6 is 23.8 Å². The molecule has 1 aliphatic heterocycles. The van der Waals surface area contributed by atoms with Crippen LogP contribution < -0.4 is 5.32 Å². The second-order valence-corrected chi connectivity index (χ2v) is 6.22. The maximum absolute atomic E-state index is 11.9. The van der Waals surface area contributed by atoms with Gasteiger partial charge in [0.1, 0.15) is 4.99 Å². The van der Waals surface area contributed by atoms with E-state index in [2.05, 4.69) is 5.32 Å². The molecule has 1 unspecified atom stereocenters. The van der Waals surface area contributed by atoms with Crippen LogP contribution in [0.2, 0.25) is 0 Å². The minimum absolute atomic E-state index is 0.0748. The van der Waals surface area contributed by atoms with Gasteiger partial charge < -0.3 is 5.32 Å². The fourth-order valence-electron chi connectivity index (χ4n) is 1.98. The molecule has 1 heterocycles. The number of hydrogen-bond acceptors (Lipinski definition) is 2. The normalized spacial score (nSPS) is 16.7. The fraction of sp³-hybridized carbons (Fsp3) is 0.385. The van der Waals surface area contributed by atoms with Gasteiger partial charge in [-0.15, -0.1) is 11.6 Å². The largest absolute Gasteiger partial charge is 0.312 e. The fourth-order valence-corrected chi connectivity index (χ4v) is 2.36. The molecule has 2 rings (SSSR count). The Morgan fingerprint density at radius 1 is 1.41 bits per heavy atom. The maximum Gasteiger partial charge on any atom is 0.257 e. The summed E-state index contributed by atoms with van der Waals surface area (Å²) in [6, 6.07) is 5.73. The first kappa shape index (κ1) is 12.5. The van der Waals surface area contributed by atoms with Crippen LogP contribution in [0.25, 0.3) is 0 Å². The number of benzene rings is 1. The van der Waals surface area contributed by atoms with Gasteiger partial charge in [-0.25, -0.2) is 0 Å². The van der Waals surface area contributed by atoms with Crippen molar-refractivity contribution in [3.8, 4) is 0 Å². The molecule has 4 heteroatoms. The van der Waals surface area contributed by atoms with Crippen LogP contribution in [0.5, 0.6) is 0 Å². The Bertz CT molecular complexity index is 505. The molecule has 1 aromatic rings. The number of carbonyl (C=O) groups is 1. The van der Waals surface area contributed by atoms with Crippen LogP contribution in [0.1, 0.15) is 48.2 Å². The van der Waals surface area contributed by atoms with E-state index < -0.39 is 4.87 Å². The van der Waals surface area contributed by atoms with E-state index in [1.165, 1.54) is 0 Å². The quantitative estimate of drug-likeness (QED) is 0.658. The Morgan fingerprint density at radius 2 is 2.06 bits per heavy atom. The van der Waals surface area contributed by atoms with Crippen molar-refractivity contribution < 1.29 is 4.79 Å². The molecular formula is C13H14ClNOS. The van der Waals surface area contributed by atoms with Crippen LogP contribution in [0, 0.1) is 0 Å². The number of thiocarbonyl (C=S) groups is 1. The summed E-state index contributed by atoms with van der Waals surface area (Å²) in [7, 11) is 0. The Balaban J connectivity index is 2.59. The zero-order chi connectivity index (χ0) is 12.8. The monoisotopic (exact) mass is 267 g/mol. The Hall–Kier alpha value is -0.930. The summed E-state index contributed by atoms with van der Waals surface area (Å²) >= 11 is 11.5. The van der Waals surface area contributed by atoms with Crippen molar-refractivity contribution in [1.82, 2.24) is 5.32 Å². The summed E-state index contributed by atoms with van der Waals surface area (Å²) in [6.07, 6.45) is 0. The maximum atomic E-state index is 11.9. The summed E-state index contributed by atoms with van der Waals surface area (Å²) in [5.74, 6) is -0.0425. The van der Waals surface area contributed by atoms with E-state index in [0.29, 0.717) is 10.6 Å². The Labute approximate surface area is 111 Å². The van der Waals surface area contributed by atoms with Crippen molar-refractivity contribution in [3.05, 3.63) is 34.9 Å². The molecule has 0 saturated carbocycles. The molecule has 2 nitrogen and oxygen atoms in total. The number of amides is 1. The average molecular weight is 268 g/mol. The second-order valence-electron chi connectivity index (χ2n) is 4.84. The predicted octanol–water partition coefficient (Wildman–Crippen LogP) is 3.23. The minimum Gasteiger partial charge on any atom is -0.312 e. The molecule has 0 radical (unpaired) electrons. The lowest BCUT2D eigenvalue weighted by Crippen LogP contribution is -2.23. The Kier molecular flexibility index (Phi) is 3.00. The summed E-state index contributed by atoms with van der Waals surface area (Å²) in [6.45, 7) is 5.92. The third-order valence-electron chi connectivity index (χ3n) is 3.29. The summed E-state index contributed by atoms with van der Waals surface area (Å²) < 4.78 is 0. The Morgan fingerprint density at radius 3 is 2.65 bits per heavy atom. The third kappa shape index (κ3) is 2.09. The van der Waals surface area contributed by atoms with Crippen molar-refractivity contribution in [1.29, 1.82) is 0 Å². The van der Waals surface area contributed by atoms with Gasteiger partial charge >= 0.3 is 0 Å².